The summed E-state index contributed by atoms with van der Waals surface area (Å²) in [5.41, 5.74) is -0.136. The summed E-state index contributed by atoms with van der Waals surface area (Å²) in [4.78, 5) is 27.9. The van der Waals surface area contributed by atoms with Gasteiger partial charge in [0.15, 0.2) is 0 Å². The minimum absolute atomic E-state index is 0.0366. The van der Waals surface area contributed by atoms with Gasteiger partial charge in [-0.2, -0.15) is 0 Å². The second-order valence-electron chi connectivity index (χ2n) is 18.3. The summed E-state index contributed by atoms with van der Waals surface area (Å²) in [6.07, 6.45) is 9.50. The van der Waals surface area contributed by atoms with Gasteiger partial charge in [-0.1, -0.05) is 116 Å². The molecule has 0 aromatic carbocycles. The number of rotatable bonds is 19. The lowest BCUT2D eigenvalue weighted by atomic mass is 9.78. The third kappa shape index (κ3) is 18.9. The van der Waals surface area contributed by atoms with Crippen molar-refractivity contribution in [1.82, 2.24) is 10.2 Å². The maximum atomic E-state index is 13.3. The van der Waals surface area contributed by atoms with Crippen molar-refractivity contribution < 1.29 is 14.3 Å². The van der Waals surface area contributed by atoms with Crippen molar-refractivity contribution in [3.63, 3.8) is 0 Å². The number of hydrogen-bond acceptors (Lipinski definition) is 3. The van der Waals surface area contributed by atoms with Crippen LogP contribution in [0.4, 0.5) is 0 Å². The second-order valence-corrected chi connectivity index (χ2v) is 18.3. The molecule has 5 nitrogen and oxygen atoms in total. The fourth-order valence-electron chi connectivity index (χ4n) is 5.23. The molecule has 0 saturated heterocycles. The molecule has 0 fully saturated rings. The Balaban J connectivity index is 4.53. The first-order chi connectivity index (χ1) is 18.3. The van der Waals surface area contributed by atoms with E-state index in [9.17, 15) is 9.59 Å². The van der Waals surface area contributed by atoms with Crippen LogP contribution in [0.15, 0.2) is 0 Å². The number of unbranched alkanes of at least 4 members (excludes halogenated alkanes) is 2. The molecule has 0 aliphatic carbocycles. The Morgan fingerprint density at radius 1 is 0.610 bits per heavy atom. The second kappa shape index (κ2) is 16.1. The Kier molecular flexibility index (Phi) is 15.7. The molecule has 1 N–H and O–H groups in total. The topological polar surface area (TPSA) is 58.6 Å². The lowest BCUT2D eigenvalue weighted by molar-refractivity contribution is -0.140. The van der Waals surface area contributed by atoms with Crippen LogP contribution in [0.25, 0.3) is 0 Å². The zero-order chi connectivity index (χ0) is 32.3. The van der Waals surface area contributed by atoms with Crippen LogP contribution in [0, 0.1) is 32.5 Å². The lowest BCUT2D eigenvalue weighted by Crippen LogP contribution is -2.43. The summed E-state index contributed by atoms with van der Waals surface area (Å²) < 4.78 is 6.09. The van der Waals surface area contributed by atoms with Gasteiger partial charge < -0.3 is 15.0 Å². The zero-order valence-corrected chi connectivity index (χ0v) is 30.4. The average Bonchev–Trinajstić information content (AvgIpc) is 2.78. The Labute approximate surface area is 256 Å². The summed E-state index contributed by atoms with van der Waals surface area (Å²) in [5.74, 6) is 0.386. The molecule has 0 rings (SSSR count). The predicted molar refractivity (Wildman–Crippen MR) is 177 cm³/mol. The molecule has 0 unspecified atom stereocenters. The van der Waals surface area contributed by atoms with Crippen LogP contribution in [0.5, 0.6) is 0 Å². The number of carbonyl (C=O) groups excluding carboxylic acids is 2. The molecule has 0 aliphatic heterocycles. The van der Waals surface area contributed by atoms with E-state index in [1.54, 1.807) is 0 Å². The van der Waals surface area contributed by atoms with Crippen molar-refractivity contribution in [3.8, 4) is 0 Å². The first-order valence-electron chi connectivity index (χ1n) is 16.4. The van der Waals surface area contributed by atoms with E-state index in [1.807, 2.05) is 25.8 Å². The molecule has 0 aromatic heterocycles. The van der Waals surface area contributed by atoms with Crippen molar-refractivity contribution >= 4 is 11.8 Å². The number of ether oxygens (including phenoxy) is 1. The number of nitrogens with one attached hydrogen (secondary N) is 1. The third-order valence-electron chi connectivity index (χ3n) is 8.28. The van der Waals surface area contributed by atoms with Crippen LogP contribution in [-0.2, 0) is 14.3 Å². The molecular weight excluding hydrogens is 508 g/mol. The molecule has 0 bridgehead atoms. The summed E-state index contributed by atoms with van der Waals surface area (Å²) in [7, 11) is 1.98. The van der Waals surface area contributed by atoms with E-state index < -0.39 is 5.41 Å². The van der Waals surface area contributed by atoms with Gasteiger partial charge in [0.25, 0.3) is 0 Å². The van der Waals surface area contributed by atoms with E-state index >= 15 is 0 Å². The quantitative estimate of drug-likeness (QED) is 0.155. The smallest absolute Gasteiger partial charge is 0.227 e. The van der Waals surface area contributed by atoms with Gasteiger partial charge in [-0.05, 0) is 60.2 Å². The van der Waals surface area contributed by atoms with E-state index in [1.165, 1.54) is 19.3 Å². The molecule has 41 heavy (non-hydrogen) atoms. The Hall–Kier alpha value is -1.10. The van der Waals surface area contributed by atoms with E-state index in [0.29, 0.717) is 25.2 Å². The average molecular weight is 581 g/mol. The molecule has 0 radical (unpaired) electrons. The molecule has 0 heterocycles. The van der Waals surface area contributed by atoms with E-state index in [2.05, 4.69) is 88.4 Å². The third-order valence-corrected chi connectivity index (χ3v) is 8.28. The van der Waals surface area contributed by atoms with Crippen LogP contribution in [-0.4, -0.2) is 50.1 Å². The first kappa shape index (κ1) is 39.9. The highest BCUT2D eigenvalue weighted by Crippen LogP contribution is 2.34. The number of nitrogens with zero attached hydrogens (tertiary/aromatic N) is 1. The van der Waals surface area contributed by atoms with E-state index in [4.69, 9.17) is 4.74 Å². The van der Waals surface area contributed by atoms with Crippen molar-refractivity contribution in [2.45, 2.75) is 155 Å². The maximum absolute atomic E-state index is 13.3. The predicted octanol–water partition coefficient (Wildman–Crippen LogP) is 9.29. The fraction of sp³-hybridized carbons (Fsp3) is 0.944. The highest BCUT2D eigenvalue weighted by atomic mass is 16.5. The molecule has 2 amide bonds. The van der Waals surface area contributed by atoms with E-state index in [-0.39, 0.29) is 33.5 Å². The van der Waals surface area contributed by atoms with Crippen molar-refractivity contribution in [2.75, 3.05) is 33.4 Å². The SMILES string of the molecule is CN(CC(C)(C)CCC(C)(C)COCCCC(C)(C)C(=O)NCC(C)(C)C)C(=O)C(C)(C)CCCCCC(C)(C)C. The Bertz CT molecular complexity index is 782. The molecule has 0 saturated carbocycles. The number of amides is 2. The van der Waals surface area contributed by atoms with Crippen LogP contribution >= 0.6 is 0 Å². The molecular formula is C36H72N2O3. The van der Waals surface area contributed by atoms with Crippen molar-refractivity contribution in [1.29, 1.82) is 0 Å². The number of hydrogen-bond donors (Lipinski definition) is 1. The van der Waals surface area contributed by atoms with Crippen LogP contribution in [0.3, 0.4) is 0 Å². The first-order valence-corrected chi connectivity index (χ1v) is 16.4. The summed E-state index contributed by atoms with van der Waals surface area (Å²) in [6, 6.07) is 0. The van der Waals surface area contributed by atoms with Crippen LogP contribution < -0.4 is 5.32 Å². The van der Waals surface area contributed by atoms with Gasteiger partial charge in [-0.15, -0.1) is 0 Å². The molecule has 0 aromatic rings. The van der Waals surface area contributed by atoms with Gasteiger partial charge in [-0.25, -0.2) is 0 Å². The zero-order valence-electron chi connectivity index (χ0n) is 30.4. The maximum Gasteiger partial charge on any atom is 0.227 e. The fourth-order valence-corrected chi connectivity index (χ4v) is 5.23. The van der Waals surface area contributed by atoms with Crippen LogP contribution in [0.1, 0.15) is 155 Å². The minimum atomic E-state index is -0.390. The van der Waals surface area contributed by atoms with Crippen molar-refractivity contribution in [2.24, 2.45) is 32.5 Å². The van der Waals surface area contributed by atoms with E-state index in [0.717, 1.165) is 45.1 Å². The monoisotopic (exact) mass is 581 g/mol. The van der Waals surface area contributed by atoms with Gasteiger partial charge in [0.2, 0.25) is 11.8 Å². The van der Waals surface area contributed by atoms with Gasteiger partial charge >= 0.3 is 0 Å². The largest absolute Gasteiger partial charge is 0.381 e. The molecule has 0 spiro atoms. The van der Waals surface area contributed by atoms with Gasteiger partial charge in [0.1, 0.15) is 0 Å². The standard InChI is InChI=1S/C36H72N2O3/c1-31(2,3)20-17-16-18-21-36(13,14)30(40)38(15)27-33(7,8)23-24-34(9,10)28-41-25-19-22-35(11,12)29(39)37-26-32(4,5)6/h16-28H2,1-15H3,(H,37,39). The van der Waals surface area contributed by atoms with Gasteiger partial charge in [0.05, 0.1) is 6.61 Å². The van der Waals surface area contributed by atoms with Crippen molar-refractivity contribution in [3.05, 3.63) is 0 Å². The highest BCUT2D eigenvalue weighted by molar-refractivity contribution is 5.82. The lowest BCUT2D eigenvalue weighted by Gasteiger charge is -2.37. The van der Waals surface area contributed by atoms with Gasteiger partial charge in [0, 0.05) is 37.6 Å². The molecule has 5 heteroatoms. The molecule has 0 atom stereocenters. The van der Waals surface area contributed by atoms with Crippen LogP contribution in [0.2, 0.25) is 0 Å². The molecule has 244 valence electrons. The summed E-state index contributed by atoms with van der Waals surface area (Å²) in [5, 5.41) is 3.10. The Morgan fingerprint density at radius 2 is 1.12 bits per heavy atom. The normalized spacial score (nSPS) is 13.8. The van der Waals surface area contributed by atoms with Gasteiger partial charge in [-0.3, -0.25) is 9.59 Å². The minimum Gasteiger partial charge on any atom is -0.381 e. The summed E-state index contributed by atoms with van der Waals surface area (Å²) in [6.45, 7) is 33.5. The molecule has 0 aliphatic rings. The highest BCUT2D eigenvalue weighted by Gasteiger charge is 2.33. The Morgan fingerprint density at radius 3 is 1.66 bits per heavy atom. The summed E-state index contributed by atoms with van der Waals surface area (Å²) >= 11 is 0. The number of carbonyl (C=O) groups is 2.